The molecule has 0 radical (unpaired) electrons. The number of hydrogen-bond acceptors (Lipinski definition) is 8. The van der Waals surface area contributed by atoms with Crippen LogP contribution in [0.1, 0.15) is 125 Å². The molecular formula is C53H75BIKN2O6. The van der Waals surface area contributed by atoms with Gasteiger partial charge in [-0.15, -0.1) is 0 Å². The van der Waals surface area contributed by atoms with E-state index in [-0.39, 0.29) is 83.1 Å². The maximum absolute atomic E-state index is 11.4. The van der Waals surface area contributed by atoms with E-state index >= 15 is 0 Å². The number of carbonyl (C=O) groups excluding carboxylic acids is 2. The SMILES string of the molecule is CC1(C)OB(c2ccc(CN3CCCC3)cc2)OC1(C)C.CCOC(=O)CCCc1ccc(-c2ccc(CN3CCCC3)cc2)cc1.CCOC(=O)CCCc1ccc(I)cc1.[2H-].[2H]C.[K+]. The Morgan fingerprint density at radius 3 is 1.34 bits per heavy atom. The standard InChI is InChI=1S/C23H29NO2.C17H26BNO2.C12H15IO2.CH4.K.H/c1-2-26-23(25)7-5-6-19-8-12-21(13-9-19)22-14-10-20(11-15-22)18-24-16-3-4-17-24;1-16(2)17(3,4)21-18(20-16)15-9-7-14(8-10-15)13-19-11-5-6-12-19;1-2-15-12(14)5-3-4-10-6-8-11(13)9-7-10;;;/h8-15H,2-7,16-18H2,1H3;7-10H,5-6,11-13H2,1-4H3;6-9H,2-5H2,1H3;1H4;;/q;;;;+1;-1/i;;;1D;;1+1. The fraction of sp³-hybridized carbons (Fsp3) is 0.509. The molecule has 0 aliphatic carbocycles. The van der Waals surface area contributed by atoms with Crippen molar-refractivity contribution in [1.82, 2.24) is 9.80 Å². The van der Waals surface area contributed by atoms with Gasteiger partial charge in [-0.3, -0.25) is 19.4 Å². The number of carbonyl (C=O) groups is 2. The molecule has 0 aromatic heterocycles. The summed E-state index contributed by atoms with van der Waals surface area (Å²) in [6.45, 7) is 20.0. The van der Waals surface area contributed by atoms with Crippen molar-refractivity contribution in [3.8, 4) is 11.1 Å². The molecule has 0 saturated carbocycles. The predicted molar refractivity (Wildman–Crippen MR) is 269 cm³/mol. The van der Waals surface area contributed by atoms with E-state index in [0.29, 0.717) is 26.1 Å². The molecule has 3 aliphatic heterocycles. The Kier molecular flexibility index (Phi) is 24.9. The molecule has 4 aromatic rings. The maximum Gasteiger partial charge on any atom is 1.00 e. The van der Waals surface area contributed by atoms with E-state index in [4.69, 9.17) is 20.2 Å². The summed E-state index contributed by atoms with van der Waals surface area (Å²) in [5, 5.41) is 0. The van der Waals surface area contributed by atoms with Gasteiger partial charge in [-0.05, 0) is 193 Å². The van der Waals surface area contributed by atoms with Crippen molar-refractivity contribution in [2.45, 2.75) is 137 Å². The Balaban J connectivity index is 0.000000340. The van der Waals surface area contributed by atoms with Gasteiger partial charge in [0.15, 0.2) is 0 Å². The van der Waals surface area contributed by atoms with Crippen LogP contribution in [0.4, 0.5) is 0 Å². The van der Waals surface area contributed by atoms with Crippen molar-refractivity contribution in [2.75, 3.05) is 39.4 Å². The molecule has 8 nitrogen and oxygen atoms in total. The Labute approximate surface area is 445 Å². The summed E-state index contributed by atoms with van der Waals surface area (Å²) in [7, 11) is 0.996. The number of hydrogen-bond donors (Lipinski definition) is 0. The number of esters is 2. The fourth-order valence-electron chi connectivity index (χ4n) is 7.81. The molecule has 3 aliphatic rings. The molecule has 0 N–H and O–H groups in total. The molecule has 344 valence electrons. The van der Waals surface area contributed by atoms with Crippen molar-refractivity contribution in [2.24, 2.45) is 0 Å². The van der Waals surface area contributed by atoms with Crippen LogP contribution in [0.15, 0.2) is 97.1 Å². The van der Waals surface area contributed by atoms with E-state index in [1.807, 2.05) is 13.8 Å². The molecule has 11 heteroatoms. The van der Waals surface area contributed by atoms with Crippen LogP contribution in [-0.2, 0) is 54.3 Å². The van der Waals surface area contributed by atoms with E-state index < -0.39 is 0 Å². The number of nitrogens with zero attached hydrogens (tertiary/aromatic N) is 2. The summed E-state index contributed by atoms with van der Waals surface area (Å²) in [4.78, 5) is 27.5. The van der Waals surface area contributed by atoms with Crippen molar-refractivity contribution in [3.63, 3.8) is 0 Å². The Morgan fingerprint density at radius 1 is 0.625 bits per heavy atom. The van der Waals surface area contributed by atoms with Gasteiger partial charge in [-0.2, -0.15) is 0 Å². The first-order valence-electron chi connectivity index (χ1n) is 24.0. The summed E-state index contributed by atoms with van der Waals surface area (Å²) in [6.07, 6.45) is 9.91. The minimum atomic E-state index is -0.272. The number of likely N-dealkylation sites (tertiary alicyclic amines) is 2. The van der Waals surface area contributed by atoms with Crippen LogP contribution in [0.25, 0.3) is 11.1 Å². The van der Waals surface area contributed by atoms with Gasteiger partial charge >= 0.3 is 70.4 Å². The molecule has 3 saturated heterocycles. The minimum absolute atomic E-state index is 0. The third-order valence-corrected chi connectivity index (χ3v) is 12.9. The molecule has 0 unspecified atom stereocenters. The van der Waals surface area contributed by atoms with E-state index in [2.05, 4.69) is 157 Å². The first-order chi connectivity index (χ1) is 30.8. The summed E-state index contributed by atoms with van der Waals surface area (Å²) >= 11 is 2.28. The number of aryl methyl sites for hydroxylation is 2. The number of benzene rings is 4. The molecule has 3 fully saturated rings. The van der Waals surface area contributed by atoms with Crippen LogP contribution in [0.2, 0.25) is 0 Å². The van der Waals surface area contributed by atoms with Crippen LogP contribution >= 0.6 is 22.6 Å². The molecule has 3 heterocycles. The van der Waals surface area contributed by atoms with Gasteiger partial charge in [0.05, 0.1) is 24.4 Å². The van der Waals surface area contributed by atoms with Crippen LogP contribution in [0.5, 0.6) is 0 Å². The largest absolute Gasteiger partial charge is 1.00 e. The first-order valence-corrected chi connectivity index (χ1v) is 24.0. The molecule has 4 aromatic carbocycles. The number of rotatable bonds is 16. The van der Waals surface area contributed by atoms with Crippen molar-refractivity contribution >= 4 is 47.1 Å². The molecule has 0 amide bonds. The normalized spacial score (nSPS) is 16.4. The molecule has 0 spiro atoms. The van der Waals surface area contributed by atoms with Crippen LogP contribution in [0, 0.1) is 3.57 Å². The van der Waals surface area contributed by atoms with E-state index in [9.17, 15) is 9.59 Å². The second-order valence-corrected chi connectivity index (χ2v) is 18.9. The zero-order chi connectivity index (χ0) is 46.4. The third-order valence-electron chi connectivity index (χ3n) is 12.2. The second-order valence-electron chi connectivity index (χ2n) is 17.6. The van der Waals surface area contributed by atoms with Crippen LogP contribution < -0.4 is 56.8 Å². The monoisotopic (exact) mass is 1010 g/mol. The quantitative estimate of drug-likeness (QED) is 0.0631. The molecular weight excluding hydrogens is 937 g/mol. The average molecular weight is 1020 g/mol. The van der Waals surface area contributed by atoms with E-state index in [1.165, 1.54) is 96.2 Å². The second kappa shape index (κ2) is 29.1. The van der Waals surface area contributed by atoms with Gasteiger partial charge in [-0.1, -0.05) is 92.3 Å². The minimum Gasteiger partial charge on any atom is -1.00 e. The smallest absolute Gasteiger partial charge is 1.00 e. The number of ether oxygens (including phenoxy) is 2. The van der Waals surface area contributed by atoms with Gasteiger partial charge in [0.25, 0.3) is 0 Å². The Bertz CT molecular complexity index is 1930. The maximum atomic E-state index is 11.4. The van der Waals surface area contributed by atoms with Crippen molar-refractivity contribution in [1.29, 1.82) is 0 Å². The summed E-state index contributed by atoms with van der Waals surface area (Å²) in [5.74, 6) is -0.193. The number of halogens is 1. The van der Waals surface area contributed by atoms with E-state index in [0.717, 1.165) is 44.2 Å². The first kappa shape index (κ1) is 54.7. The zero-order valence-corrected chi connectivity index (χ0v) is 45.5. The third kappa shape index (κ3) is 19.0. The predicted octanol–water partition coefficient (Wildman–Crippen LogP) is 8.35. The molecule has 64 heavy (non-hydrogen) atoms. The summed E-state index contributed by atoms with van der Waals surface area (Å²) in [5.41, 5.74) is 8.38. The Hall–Kier alpha value is -1.91. The van der Waals surface area contributed by atoms with Gasteiger partial charge < -0.3 is 20.2 Å². The van der Waals surface area contributed by atoms with Gasteiger partial charge in [-0.25, -0.2) is 0 Å². The zero-order valence-electron chi connectivity index (χ0n) is 42.3. The Morgan fingerprint density at radius 2 is 0.969 bits per heavy atom. The van der Waals surface area contributed by atoms with E-state index in [1.54, 1.807) is 0 Å². The molecule has 0 bridgehead atoms. The summed E-state index contributed by atoms with van der Waals surface area (Å²) in [6, 6.07) is 34.7. The molecule has 7 rings (SSSR count). The van der Waals surface area contributed by atoms with Crippen LogP contribution in [-0.4, -0.2) is 79.5 Å². The van der Waals surface area contributed by atoms with Crippen molar-refractivity contribution < 1.29 is 82.6 Å². The van der Waals surface area contributed by atoms with Gasteiger partial charge in [0, 0.05) is 30.9 Å². The average Bonchev–Trinajstić information content (AvgIpc) is 4.05. The molecule has 0 atom stereocenters. The summed E-state index contributed by atoms with van der Waals surface area (Å²) < 4.78 is 29.0. The van der Waals surface area contributed by atoms with Crippen LogP contribution in [0.3, 0.4) is 0 Å². The van der Waals surface area contributed by atoms with Gasteiger partial charge in [0.1, 0.15) is 0 Å². The van der Waals surface area contributed by atoms with Gasteiger partial charge in [0.2, 0.25) is 0 Å². The topological polar surface area (TPSA) is 77.5 Å². The fourth-order valence-corrected chi connectivity index (χ4v) is 8.17. The van der Waals surface area contributed by atoms with Crippen molar-refractivity contribution in [3.05, 3.63) is 123 Å².